The Hall–Kier alpha value is -4.45. The average molecular weight is 418 g/mol. The zero-order valence-electron chi connectivity index (χ0n) is 16.9. The molecule has 6 nitrogen and oxygen atoms in total. The van der Waals surface area contributed by atoms with E-state index < -0.39 is 0 Å². The van der Waals surface area contributed by atoms with Gasteiger partial charge in [0.1, 0.15) is 11.6 Å². The molecule has 154 valence electrons. The number of nitrogens with one attached hydrogen (secondary N) is 2. The van der Waals surface area contributed by atoms with Gasteiger partial charge in [0.25, 0.3) is 5.91 Å². The van der Waals surface area contributed by atoms with Crippen molar-refractivity contribution in [3.63, 3.8) is 0 Å². The first-order valence-electron chi connectivity index (χ1n) is 10.3. The Bertz CT molecular complexity index is 1470. The molecule has 0 saturated carbocycles. The summed E-state index contributed by atoms with van der Waals surface area (Å²) in [5, 5.41) is 12.9. The Morgan fingerprint density at radius 1 is 0.938 bits per heavy atom. The molecule has 32 heavy (non-hydrogen) atoms. The molecule has 1 amide bonds. The zero-order valence-corrected chi connectivity index (χ0v) is 16.9. The summed E-state index contributed by atoms with van der Waals surface area (Å²) in [6, 6.07) is 22.1. The van der Waals surface area contributed by atoms with Crippen molar-refractivity contribution in [1.82, 2.24) is 20.3 Å². The predicted octanol–water partition coefficient (Wildman–Crippen LogP) is 4.83. The van der Waals surface area contributed by atoms with Crippen LogP contribution in [0.3, 0.4) is 0 Å². The van der Waals surface area contributed by atoms with Crippen molar-refractivity contribution in [3.8, 4) is 28.3 Å². The first-order chi connectivity index (χ1) is 15.7. The van der Waals surface area contributed by atoms with Crippen LogP contribution >= 0.6 is 0 Å². The maximum atomic E-state index is 13.0. The molecule has 1 aliphatic rings. The van der Waals surface area contributed by atoms with Crippen molar-refractivity contribution in [2.24, 2.45) is 0 Å². The van der Waals surface area contributed by atoms with Gasteiger partial charge in [0.2, 0.25) is 0 Å². The lowest BCUT2D eigenvalue weighted by Crippen LogP contribution is -2.28. The van der Waals surface area contributed by atoms with Gasteiger partial charge in [-0.1, -0.05) is 48.5 Å². The Labute approximate surface area is 183 Å². The van der Waals surface area contributed by atoms with Gasteiger partial charge in [-0.2, -0.15) is 0 Å². The Morgan fingerprint density at radius 3 is 2.62 bits per heavy atom. The van der Waals surface area contributed by atoms with Crippen LogP contribution in [0.25, 0.3) is 33.5 Å². The molecule has 0 radical (unpaired) electrons. The lowest BCUT2D eigenvalue weighted by Gasteiger charge is -2.16. The van der Waals surface area contributed by atoms with Gasteiger partial charge in [0.05, 0.1) is 23.3 Å². The fourth-order valence-corrected chi connectivity index (χ4v) is 4.45. The lowest BCUT2D eigenvalue weighted by atomic mass is 9.98. The van der Waals surface area contributed by atoms with E-state index in [0.717, 1.165) is 44.7 Å². The SMILES string of the molecule is O=C(NC1c2ccccc2-c2c(-c3nc4ccncc4[nH]3)cccc21)c1cccc(O)c1. The van der Waals surface area contributed by atoms with Crippen molar-refractivity contribution in [2.45, 2.75) is 6.04 Å². The van der Waals surface area contributed by atoms with E-state index in [4.69, 9.17) is 4.98 Å². The van der Waals surface area contributed by atoms with Crippen LogP contribution in [0.1, 0.15) is 27.5 Å². The van der Waals surface area contributed by atoms with Crippen LogP contribution in [0.15, 0.2) is 85.2 Å². The number of hydrogen-bond donors (Lipinski definition) is 3. The summed E-state index contributed by atoms with van der Waals surface area (Å²) in [5.41, 5.74) is 7.27. The minimum atomic E-state index is -0.304. The van der Waals surface area contributed by atoms with Crippen LogP contribution < -0.4 is 5.32 Å². The topological polar surface area (TPSA) is 90.9 Å². The molecule has 0 aliphatic heterocycles. The molecule has 6 rings (SSSR count). The molecule has 0 saturated heterocycles. The highest BCUT2D eigenvalue weighted by Gasteiger charge is 2.32. The number of carbonyl (C=O) groups is 1. The van der Waals surface area contributed by atoms with E-state index in [1.807, 2.05) is 42.5 Å². The first-order valence-corrected chi connectivity index (χ1v) is 10.3. The quantitative estimate of drug-likeness (QED) is 0.391. The Morgan fingerprint density at radius 2 is 1.75 bits per heavy atom. The van der Waals surface area contributed by atoms with Crippen LogP contribution in [0.5, 0.6) is 5.75 Å². The standard InChI is InChI=1S/C26H18N4O2/c31-16-6-3-5-15(13-16)26(32)30-24-18-8-2-1-7-17(18)23-19(24)9-4-10-20(23)25-28-21-11-12-27-14-22(21)29-25/h1-14,24,31H,(H,28,29)(H,30,32). The highest BCUT2D eigenvalue weighted by Crippen LogP contribution is 2.47. The third-order valence-electron chi connectivity index (χ3n) is 5.87. The molecule has 2 aromatic heterocycles. The molecule has 3 aromatic carbocycles. The lowest BCUT2D eigenvalue weighted by molar-refractivity contribution is 0.0943. The molecule has 0 bridgehead atoms. The normalized spacial score (nSPS) is 14.2. The van der Waals surface area contributed by atoms with E-state index in [-0.39, 0.29) is 17.7 Å². The molecule has 0 spiro atoms. The number of carbonyl (C=O) groups excluding carboxylic acids is 1. The molecule has 1 atom stereocenters. The number of fused-ring (bicyclic) bond motifs is 4. The number of aromatic amines is 1. The second-order valence-electron chi connectivity index (χ2n) is 7.79. The molecule has 6 heteroatoms. The van der Waals surface area contributed by atoms with E-state index in [0.29, 0.717) is 5.56 Å². The number of imidazole rings is 1. The van der Waals surface area contributed by atoms with Crippen molar-refractivity contribution in [2.75, 3.05) is 0 Å². The van der Waals surface area contributed by atoms with Gasteiger partial charge in [0.15, 0.2) is 0 Å². The summed E-state index contributed by atoms with van der Waals surface area (Å²) in [5.74, 6) is 0.583. The highest BCUT2D eigenvalue weighted by atomic mass is 16.3. The number of benzene rings is 3. The van der Waals surface area contributed by atoms with Crippen LogP contribution in [0.2, 0.25) is 0 Å². The van der Waals surface area contributed by atoms with Gasteiger partial charge in [-0.15, -0.1) is 0 Å². The van der Waals surface area contributed by atoms with Gasteiger partial charge in [0, 0.05) is 17.3 Å². The predicted molar refractivity (Wildman–Crippen MR) is 122 cm³/mol. The number of phenols is 1. The van der Waals surface area contributed by atoms with E-state index in [1.165, 1.54) is 6.07 Å². The second-order valence-corrected chi connectivity index (χ2v) is 7.79. The molecular formula is C26H18N4O2. The van der Waals surface area contributed by atoms with Crippen LogP contribution in [-0.4, -0.2) is 26.0 Å². The van der Waals surface area contributed by atoms with Crippen molar-refractivity contribution in [3.05, 3.63) is 102 Å². The number of aromatic hydroxyl groups is 1. The number of amides is 1. The number of phenolic OH excluding ortho intramolecular Hbond substituents is 1. The smallest absolute Gasteiger partial charge is 0.252 e. The van der Waals surface area contributed by atoms with Crippen molar-refractivity contribution >= 4 is 16.9 Å². The number of aromatic nitrogens is 3. The van der Waals surface area contributed by atoms with Gasteiger partial charge in [-0.25, -0.2) is 4.98 Å². The first kappa shape index (κ1) is 18.3. The third-order valence-corrected chi connectivity index (χ3v) is 5.87. The minimum absolute atomic E-state index is 0.0616. The van der Waals surface area contributed by atoms with Crippen molar-refractivity contribution < 1.29 is 9.90 Å². The fourth-order valence-electron chi connectivity index (χ4n) is 4.45. The Balaban J connectivity index is 1.48. The van der Waals surface area contributed by atoms with Crippen LogP contribution in [-0.2, 0) is 0 Å². The van der Waals surface area contributed by atoms with Crippen LogP contribution in [0.4, 0.5) is 0 Å². The largest absolute Gasteiger partial charge is 0.508 e. The summed E-state index contributed by atoms with van der Waals surface area (Å²) >= 11 is 0. The highest BCUT2D eigenvalue weighted by molar-refractivity contribution is 5.97. The van der Waals surface area contributed by atoms with Crippen LogP contribution in [0, 0.1) is 0 Å². The maximum Gasteiger partial charge on any atom is 0.252 e. The monoisotopic (exact) mass is 418 g/mol. The molecule has 1 unspecified atom stereocenters. The number of nitrogens with zero attached hydrogens (tertiary/aromatic N) is 2. The fraction of sp³-hybridized carbons (Fsp3) is 0.0385. The summed E-state index contributed by atoms with van der Waals surface area (Å²) in [7, 11) is 0. The molecule has 1 aliphatic carbocycles. The minimum Gasteiger partial charge on any atom is -0.508 e. The summed E-state index contributed by atoms with van der Waals surface area (Å²) in [6.07, 6.45) is 3.49. The number of pyridine rings is 1. The maximum absolute atomic E-state index is 13.0. The van der Waals surface area contributed by atoms with E-state index in [9.17, 15) is 9.90 Å². The molecule has 3 N–H and O–H groups in total. The zero-order chi connectivity index (χ0) is 21.7. The average Bonchev–Trinajstić information content (AvgIpc) is 3.39. The van der Waals surface area contributed by atoms with Crippen molar-refractivity contribution in [1.29, 1.82) is 0 Å². The molecule has 0 fully saturated rings. The molecular weight excluding hydrogens is 400 g/mol. The summed E-state index contributed by atoms with van der Waals surface area (Å²) in [4.78, 5) is 25.3. The van der Waals surface area contributed by atoms with E-state index >= 15 is 0 Å². The molecule has 5 aromatic rings. The molecule has 2 heterocycles. The third kappa shape index (κ3) is 2.85. The number of rotatable bonds is 3. The summed E-state index contributed by atoms with van der Waals surface area (Å²) in [6.45, 7) is 0. The Kier molecular flexibility index (Phi) is 4.04. The van der Waals surface area contributed by atoms with E-state index in [1.54, 1.807) is 30.6 Å². The summed E-state index contributed by atoms with van der Waals surface area (Å²) < 4.78 is 0. The van der Waals surface area contributed by atoms with Gasteiger partial charge >= 0.3 is 0 Å². The van der Waals surface area contributed by atoms with E-state index in [2.05, 4.69) is 21.4 Å². The number of H-pyrrole nitrogens is 1. The van der Waals surface area contributed by atoms with Gasteiger partial charge in [-0.3, -0.25) is 9.78 Å². The van der Waals surface area contributed by atoms with Gasteiger partial charge in [-0.05, 0) is 46.5 Å². The number of hydrogen-bond acceptors (Lipinski definition) is 4. The van der Waals surface area contributed by atoms with Gasteiger partial charge < -0.3 is 15.4 Å². The second kappa shape index (κ2) is 7.06.